The molecule has 5 heteroatoms. The van der Waals surface area contributed by atoms with Gasteiger partial charge in [-0.3, -0.25) is 0 Å². The Balaban J connectivity index is 2.36. The summed E-state index contributed by atoms with van der Waals surface area (Å²) in [6.07, 6.45) is 0.677. The van der Waals surface area contributed by atoms with Crippen LogP contribution in [0.5, 0.6) is 5.75 Å². The lowest BCUT2D eigenvalue weighted by Gasteiger charge is -2.22. The summed E-state index contributed by atoms with van der Waals surface area (Å²) < 4.78 is 21.6. The van der Waals surface area contributed by atoms with Gasteiger partial charge >= 0.3 is 0 Å². The van der Waals surface area contributed by atoms with Crippen LogP contribution in [0.15, 0.2) is 22.6 Å². The van der Waals surface area contributed by atoms with Crippen LogP contribution in [0.1, 0.15) is 32.8 Å². The van der Waals surface area contributed by atoms with Gasteiger partial charge in [-0.05, 0) is 39.0 Å². The number of benzene rings is 1. The molecule has 0 aliphatic carbocycles. The Morgan fingerprint density at radius 1 is 1.39 bits per heavy atom. The smallest absolute Gasteiger partial charge is 0.144 e. The van der Waals surface area contributed by atoms with E-state index >= 15 is 0 Å². The monoisotopic (exact) mass is 285 g/mol. The summed E-state index contributed by atoms with van der Waals surface area (Å²) in [6, 6.07) is 5.44. The maximum absolute atomic E-state index is 12.1. The number of halogens is 1. The van der Waals surface area contributed by atoms with Gasteiger partial charge in [-0.25, -0.2) is 0 Å². The quantitative estimate of drug-likeness (QED) is 0.743. The largest absolute Gasteiger partial charge is 0.591 e. The van der Waals surface area contributed by atoms with Crippen molar-refractivity contribution in [1.29, 1.82) is 0 Å². The fourth-order valence-electron chi connectivity index (χ4n) is 1.58. The summed E-state index contributed by atoms with van der Waals surface area (Å²) in [5, 5.41) is 0.631. The van der Waals surface area contributed by atoms with E-state index < -0.39 is 11.4 Å². The molecule has 18 heavy (non-hydrogen) atoms. The molecule has 0 N–H and O–H groups in total. The van der Waals surface area contributed by atoms with Crippen LogP contribution in [0, 0.1) is 0 Å². The molecule has 3 nitrogen and oxygen atoms in total. The minimum Gasteiger partial charge on any atom is -0.591 e. The Kier molecular flexibility index (Phi) is 3.90. The van der Waals surface area contributed by atoms with Gasteiger partial charge in [0.05, 0.1) is 6.61 Å². The topological polar surface area (TPSA) is 44.7 Å². The lowest BCUT2D eigenvalue weighted by Crippen LogP contribution is -2.28. The van der Waals surface area contributed by atoms with Crippen molar-refractivity contribution in [3.05, 3.63) is 28.8 Å². The maximum atomic E-state index is 12.1. The zero-order valence-corrected chi connectivity index (χ0v) is 12.3. The lowest BCUT2D eigenvalue weighted by molar-refractivity contribution is 0.320. The van der Waals surface area contributed by atoms with Crippen molar-refractivity contribution in [1.82, 2.24) is 0 Å². The fourth-order valence-corrected chi connectivity index (χ4v) is 2.40. The van der Waals surface area contributed by atoms with Crippen LogP contribution in [0.2, 0.25) is 5.02 Å². The summed E-state index contributed by atoms with van der Waals surface area (Å²) in [7, 11) is 0. The molecule has 0 radical (unpaired) electrons. The number of hydrogen-bond donors (Lipinski definition) is 0. The maximum Gasteiger partial charge on any atom is 0.144 e. The van der Waals surface area contributed by atoms with Gasteiger partial charge in [-0.1, -0.05) is 16.0 Å². The minimum absolute atomic E-state index is 0.349. The van der Waals surface area contributed by atoms with Crippen LogP contribution in [-0.2, 0) is 11.4 Å². The Labute approximate surface area is 116 Å². The van der Waals surface area contributed by atoms with Crippen LogP contribution in [0.25, 0.3) is 0 Å². The van der Waals surface area contributed by atoms with Gasteiger partial charge in [-0.2, -0.15) is 0 Å². The molecule has 1 aliphatic heterocycles. The van der Waals surface area contributed by atoms with E-state index in [0.29, 0.717) is 18.1 Å². The van der Waals surface area contributed by atoms with E-state index in [1.807, 2.05) is 26.8 Å². The molecule has 1 aromatic carbocycles. The van der Waals surface area contributed by atoms with Gasteiger partial charge in [0.1, 0.15) is 27.6 Å². The highest BCUT2D eigenvalue weighted by molar-refractivity contribution is 7.91. The molecule has 0 saturated heterocycles. The molecule has 0 amide bonds. The van der Waals surface area contributed by atoms with Crippen molar-refractivity contribution >= 4 is 28.7 Å². The Bertz CT molecular complexity index is 482. The molecule has 0 fully saturated rings. The zero-order chi connectivity index (χ0) is 13.3. The highest BCUT2D eigenvalue weighted by Crippen LogP contribution is 2.29. The van der Waals surface area contributed by atoms with Crippen LogP contribution < -0.4 is 4.74 Å². The van der Waals surface area contributed by atoms with E-state index in [9.17, 15) is 4.55 Å². The average molecular weight is 286 g/mol. The molecule has 0 spiro atoms. The van der Waals surface area contributed by atoms with Gasteiger partial charge in [0, 0.05) is 17.0 Å². The van der Waals surface area contributed by atoms with Crippen molar-refractivity contribution < 1.29 is 9.29 Å². The first-order valence-corrected chi connectivity index (χ1v) is 7.29. The number of ether oxygens (including phenoxy) is 1. The Morgan fingerprint density at radius 2 is 2.11 bits per heavy atom. The molecule has 98 valence electrons. The second-order valence-corrected chi connectivity index (χ2v) is 7.48. The third-order valence-electron chi connectivity index (χ3n) is 2.57. The average Bonchev–Trinajstić information content (AvgIpc) is 2.27. The van der Waals surface area contributed by atoms with Crippen LogP contribution >= 0.6 is 11.6 Å². The molecule has 0 bridgehead atoms. The first-order valence-electron chi connectivity index (χ1n) is 5.80. The number of rotatable bonds is 1. The van der Waals surface area contributed by atoms with E-state index in [-0.39, 0.29) is 4.75 Å². The predicted octanol–water partition coefficient (Wildman–Crippen LogP) is 3.37. The van der Waals surface area contributed by atoms with Crippen LogP contribution in [0.3, 0.4) is 0 Å². The van der Waals surface area contributed by atoms with Gasteiger partial charge in [0.15, 0.2) is 0 Å². The fraction of sp³-hybridized carbons (Fsp3) is 0.462. The molecule has 0 aromatic heterocycles. The molecule has 1 atom stereocenters. The van der Waals surface area contributed by atoms with Gasteiger partial charge < -0.3 is 9.29 Å². The van der Waals surface area contributed by atoms with E-state index in [0.717, 1.165) is 17.0 Å². The highest BCUT2D eigenvalue weighted by Gasteiger charge is 2.29. The predicted molar refractivity (Wildman–Crippen MR) is 76.0 cm³/mol. The third-order valence-corrected chi connectivity index (χ3v) is 4.24. The van der Waals surface area contributed by atoms with Crippen LogP contribution in [-0.4, -0.2) is 21.6 Å². The normalized spacial score (nSPS) is 19.3. The van der Waals surface area contributed by atoms with Gasteiger partial charge in [-0.15, -0.1) is 0 Å². The number of nitrogens with zero attached hydrogens (tertiary/aromatic N) is 1. The molecule has 1 aliphatic rings. The van der Waals surface area contributed by atoms with E-state index in [1.165, 1.54) is 0 Å². The standard InChI is InChI=1S/C13H16ClNO2S/c1-13(2,3)18(16)15-11-6-7-17-12-8-9(14)4-5-10(11)12/h4-5,8H,6-7H2,1-3H3/b15-11+/t18-/m1/s1. The SMILES string of the molecule is CC(C)(C)[S@@+]([O-])/N=C1\CCOc2cc(Cl)ccc21. The van der Waals surface area contributed by atoms with Crippen molar-refractivity contribution in [2.24, 2.45) is 4.40 Å². The zero-order valence-electron chi connectivity index (χ0n) is 10.7. The van der Waals surface area contributed by atoms with Gasteiger partial charge in [0.2, 0.25) is 0 Å². The highest BCUT2D eigenvalue weighted by atomic mass is 35.5. The summed E-state index contributed by atoms with van der Waals surface area (Å²) in [4.78, 5) is 0. The van der Waals surface area contributed by atoms with Crippen molar-refractivity contribution in [2.75, 3.05) is 6.61 Å². The molecule has 1 heterocycles. The summed E-state index contributed by atoms with van der Waals surface area (Å²) >= 11 is 4.67. The molecule has 0 saturated carbocycles. The summed E-state index contributed by atoms with van der Waals surface area (Å²) in [5.74, 6) is 0.721. The minimum atomic E-state index is -1.25. The second-order valence-electron chi connectivity index (χ2n) is 5.14. The molecular weight excluding hydrogens is 270 g/mol. The van der Waals surface area contributed by atoms with Crippen LogP contribution in [0.4, 0.5) is 0 Å². The summed E-state index contributed by atoms with van der Waals surface area (Å²) in [6.45, 7) is 6.29. The van der Waals surface area contributed by atoms with Crippen molar-refractivity contribution in [3.63, 3.8) is 0 Å². The van der Waals surface area contributed by atoms with Gasteiger partial charge in [0.25, 0.3) is 0 Å². The molecule has 1 aromatic rings. The van der Waals surface area contributed by atoms with Crippen molar-refractivity contribution in [2.45, 2.75) is 31.9 Å². The van der Waals surface area contributed by atoms with E-state index in [2.05, 4.69) is 4.40 Å². The lowest BCUT2D eigenvalue weighted by atomic mass is 10.0. The van der Waals surface area contributed by atoms with E-state index in [1.54, 1.807) is 12.1 Å². The van der Waals surface area contributed by atoms with Crippen molar-refractivity contribution in [3.8, 4) is 5.75 Å². The Morgan fingerprint density at radius 3 is 2.78 bits per heavy atom. The summed E-state index contributed by atoms with van der Waals surface area (Å²) in [5.41, 5.74) is 1.73. The first kappa shape index (κ1) is 13.7. The molecular formula is C13H16ClNO2S. The third kappa shape index (κ3) is 2.99. The number of fused-ring (bicyclic) bond motifs is 1. The molecule has 2 rings (SSSR count). The second kappa shape index (κ2) is 5.11. The molecule has 0 unspecified atom stereocenters. The Hall–Kier alpha value is -0.710. The van der Waals surface area contributed by atoms with E-state index in [4.69, 9.17) is 16.3 Å². The first-order chi connectivity index (χ1) is 8.38. The number of hydrogen-bond acceptors (Lipinski definition) is 3.